The van der Waals surface area contributed by atoms with E-state index in [1.165, 1.54) is 0 Å². The van der Waals surface area contributed by atoms with Gasteiger partial charge in [-0.25, -0.2) is 0 Å². The van der Waals surface area contributed by atoms with Gasteiger partial charge in [-0.05, 0) is 5.56 Å². The summed E-state index contributed by atoms with van der Waals surface area (Å²) in [6.07, 6.45) is 2.34. The van der Waals surface area contributed by atoms with E-state index in [1.54, 1.807) is 0 Å². The van der Waals surface area contributed by atoms with E-state index >= 15 is 0 Å². The summed E-state index contributed by atoms with van der Waals surface area (Å²) in [7, 11) is 0. The molecule has 16 heavy (non-hydrogen) atoms. The Morgan fingerprint density at radius 2 is 2.12 bits per heavy atom. The van der Waals surface area contributed by atoms with Crippen molar-refractivity contribution in [1.29, 1.82) is 0 Å². The predicted octanol–water partition coefficient (Wildman–Crippen LogP) is 0.239. The SMILES string of the molecule is NCCNC(=O)C#COCc1ccccc1. The van der Waals surface area contributed by atoms with E-state index in [1.807, 2.05) is 30.3 Å². The molecule has 0 radical (unpaired) electrons. The normalized spacial score (nSPS) is 8.81. The first-order chi connectivity index (χ1) is 7.83. The highest BCUT2D eigenvalue weighted by Gasteiger charge is 1.92. The number of hydrogen-bond acceptors (Lipinski definition) is 3. The van der Waals surface area contributed by atoms with Crippen molar-refractivity contribution in [3.8, 4) is 12.0 Å². The molecule has 0 aromatic heterocycles. The second-order valence-corrected chi connectivity index (χ2v) is 3.05. The molecule has 0 saturated carbocycles. The lowest BCUT2D eigenvalue weighted by Gasteiger charge is -1.97. The third kappa shape index (κ3) is 5.03. The fraction of sp³-hybridized carbons (Fsp3) is 0.250. The predicted molar refractivity (Wildman–Crippen MR) is 61.1 cm³/mol. The van der Waals surface area contributed by atoms with Gasteiger partial charge in [0.1, 0.15) is 12.7 Å². The lowest BCUT2D eigenvalue weighted by molar-refractivity contribution is -0.115. The molecular weight excluding hydrogens is 204 g/mol. The minimum atomic E-state index is -0.376. The van der Waals surface area contributed by atoms with Crippen LogP contribution in [0.3, 0.4) is 0 Å². The Kier molecular flexibility index (Phi) is 5.53. The summed E-state index contributed by atoms with van der Waals surface area (Å²) in [5, 5.41) is 2.51. The highest BCUT2D eigenvalue weighted by atomic mass is 16.5. The molecule has 4 heteroatoms. The third-order valence-electron chi connectivity index (χ3n) is 1.75. The van der Waals surface area contributed by atoms with Crippen LogP contribution < -0.4 is 11.1 Å². The number of carbonyl (C=O) groups is 1. The summed E-state index contributed by atoms with van der Waals surface area (Å²) in [5.41, 5.74) is 6.23. The van der Waals surface area contributed by atoms with Crippen molar-refractivity contribution in [2.75, 3.05) is 13.1 Å². The summed E-state index contributed by atoms with van der Waals surface area (Å²) in [4.78, 5) is 11.0. The van der Waals surface area contributed by atoms with Gasteiger partial charge in [-0.15, -0.1) is 0 Å². The van der Waals surface area contributed by atoms with E-state index < -0.39 is 0 Å². The Hall–Kier alpha value is -1.99. The summed E-state index contributed by atoms with van der Waals surface area (Å²) < 4.78 is 5.02. The summed E-state index contributed by atoms with van der Waals surface area (Å²) in [6.45, 7) is 1.20. The molecule has 3 N–H and O–H groups in total. The molecule has 0 aliphatic carbocycles. The highest BCUT2D eigenvalue weighted by Crippen LogP contribution is 1.99. The first-order valence-electron chi connectivity index (χ1n) is 4.97. The summed E-state index contributed by atoms with van der Waals surface area (Å²) in [6, 6.07) is 9.61. The van der Waals surface area contributed by atoms with Crippen LogP contribution in [-0.4, -0.2) is 19.0 Å². The van der Waals surface area contributed by atoms with Crippen LogP contribution in [-0.2, 0) is 16.1 Å². The Morgan fingerprint density at radius 1 is 1.38 bits per heavy atom. The molecule has 0 bridgehead atoms. The molecule has 0 aliphatic rings. The molecule has 1 amide bonds. The van der Waals surface area contributed by atoms with Crippen molar-refractivity contribution in [2.45, 2.75) is 6.61 Å². The first kappa shape index (κ1) is 12.1. The zero-order valence-electron chi connectivity index (χ0n) is 8.90. The van der Waals surface area contributed by atoms with Gasteiger partial charge in [-0.1, -0.05) is 30.3 Å². The molecule has 4 nitrogen and oxygen atoms in total. The van der Waals surface area contributed by atoms with Crippen LogP contribution in [0.2, 0.25) is 0 Å². The topological polar surface area (TPSA) is 64.3 Å². The number of ether oxygens (including phenoxy) is 1. The zero-order valence-corrected chi connectivity index (χ0v) is 8.90. The lowest BCUT2D eigenvalue weighted by Crippen LogP contribution is -2.27. The lowest BCUT2D eigenvalue weighted by atomic mass is 10.2. The van der Waals surface area contributed by atoms with Gasteiger partial charge in [0.2, 0.25) is 0 Å². The van der Waals surface area contributed by atoms with Crippen molar-refractivity contribution in [2.24, 2.45) is 5.73 Å². The van der Waals surface area contributed by atoms with E-state index in [4.69, 9.17) is 10.5 Å². The van der Waals surface area contributed by atoms with Crippen LogP contribution in [0.4, 0.5) is 0 Å². The van der Waals surface area contributed by atoms with E-state index in [0.717, 1.165) is 5.56 Å². The second-order valence-electron chi connectivity index (χ2n) is 3.05. The van der Waals surface area contributed by atoms with Crippen molar-refractivity contribution >= 4 is 5.91 Å². The number of carbonyl (C=O) groups excluding carboxylic acids is 1. The largest absolute Gasteiger partial charge is 0.441 e. The highest BCUT2D eigenvalue weighted by molar-refractivity contribution is 5.93. The molecule has 1 aromatic rings. The quantitative estimate of drug-likeness (QED) is 0.711. The van der Waals surface area contributed by atoms with Gasteiger partial charge in [0.25, 0.3) is 5.91 Å². The number of nitrogens with one attached hydrogen (secondary N) is 1. The minimum absolute atomic E-state index is 0.373. The van der Waals surface area contributed by atoms with Gasteiger partial charge in [-0.3, -0.25) is 4.79 Å². The first-order valence-corrected chi connectivity index (χ1v) is 4.97. The third-order valence-corrected chi connectivity index (χ3v) is 1.75. The maximum absolute atomic E-state index is 11.0. The van der Waals surface area contributed by atoms with Crippen LogP contribution in [0.1, 0.15) is 5.56 Å². The van der Waals surface area contributed by atoms with Gasteiger partial charge in [0, 0.05) is 19.0 Å². The van der Waals surface area contributed by atoms with Gasteiger partial charge in [0.15, 0.2) is 0 Å². The Labute approximate surface area is 94.8 Å². The molecule has 0 saturated heterocycles. The van der Waals surface area contributed by atoms with Gasteiger partial charge >= 0.3 is 0 Å². The molecule has 0 unspecified atom stereocenters. The molecule has 0 atom stereocenters. The van der Waals surface area contributed by atoms with E-state index in [0.29, 0.717) is 19.7 Å². The van der Waals surface area contributed by atoms with Crippen molar-refractivity contribution < 1.29 is 9.53 Å². The van der Waals surface area contributed by atoms with Gasteiger partial charge in [0.05, 0.1) is 0 Å². The molecule has 84 valence electrons. The second kappa shape index (κ2) is 7.32. The molecule has 0 fully saturated rings. The average molecular weight is 218 g/mol. The minimum Gasteiger partial charge on any atom is -0.441 e. The van der Waals surface area contributed by atoms with Crippen LogP contribution in [0.15, 0.2) is 30.3 Å². The number of amides is 1. The number of rotatable bonds is 4. The van der Waals surface area contributed by atoms with Gasteiger partial charge < -0.3 is 15.8 Å². The molecule has 1 rings (SSSR count). The maximum atomic E-state index is 11.0. The van der Waals surface area contributed by atoms with Crippen LogP contribution in [0.25, 0.3) is 0 Å². The van der Waals surface area contributed by atoms with Crippen LogP contribution in [0, 0.1) is 12.0 Å². The average Bonchev–Trinajstić information content (AvgIpc) is 2.33. The van der Waals surface area contributed by atoms with E-state index in [-0.39, 0.29) is 5.91 Å². The molecule has 0 aliphatic heterocycles. The molecule has 0 heterocycles. The number of nitrogens with two attached hydrogens (primary N) is 1. The summed E-state index contributed by atoms with van der Waals surface area (Å²) in [5.74, 6) is 1.93. The maximum Gasteiger partial charge on any atom is 0.299 e. The van der Waals surface area contributed by atoms with Crippen LogP contribution in [0.5, 0.6) is 0 Å². The number of hydrogen-bond donors (Lipinski definition) is 2. The smallest absolute Gasteiger partial charge is 0.299 e. The molecule has 0 spiro atoms. The molecular formula is C12H14N2O2. The summed E-state index contributed by atoms with van der Waals surface area (Å²) >= 11 is 0. The Morgan fingerprint density at radius 3 is 2.81 bits per heavy atom. The Balaban J connectivity index is 2.25. The Bertz CT molecular complexity index is 379. The van der Waals surface area contributed by atoms with Crippen molar-refractivity contribution in [1.82, 2.24) is 5.32 Å². The van der Waals surface area contributed by atoms with Crippen molar-refractivity contribution in [3.63, 3.8) is 0 Å². The van der Waals surface area contributed by atoms with Crippen LogP contribution >= 0.6 is 0 Å². The van der Waals surface area contributed by atoms with E-state index in [9.17, 15) is 4.79 Å². The molecule has 1 aromatic carbocycles. The van der Waals surface area contributed by atoms with Crippen molar-refractivity contribution in [3.05, 3.63) is 35.9 Å². The fourth-order valence-electron chi connectivity index (χ4n) is 1.01. The standard InChI is InChI=1S/C12H14N2O2/c13-7-8-14-12(15)6-9-16-10-11-4-2-1-3-5-11/h1-5H,7-8,10,13H2,(H,14,15). The van der Waals surface area contributed by atoms with E-state index in [2.05, 4.69) is 17.3 Å². The zero-order chi connectivity index (χ0) is 11.6. The number of benzene rings is 1. The van der Waals surface area contributed by atoms with Gasteiger partial charge in [-0.2, -0.15) is 0 Å². The monoisotopic (exact) mass is 218 g/mol. The fourth-order valence-corrected chi connectivity index (χ4v) is 1.01.